The fourth-order valence-electron chi connectivity index (χ4n) is 2.24. The van der Waals surface area contributed by atoms with E-state index in [0.717, 1.165) is 19.3 Å². The first kappa shape index (κ1) is 18.7. The summed E-state index contributed by atoms with van der Waals surface area (Å²) in [5.74, 6) is 1.21. The van der Waals surface area contributed by atoms with Crippen molar-refractivity contribution in [3.63, 3.8) is 0 Å². The third kappa shape index (κ3) is 5.79. The molecule has 0 saturated carbocycles. The van der Waals surface area contributed by atoms with Crippen molar-refractivity contribution in [1.29, 1.82) is 0 Å². The number of nitrogens with one attached hydrogen (secondary N) is 1. The standard InChI is InChI=1S/C17H31N3O2/c1-6-12(4)15(18)17-20-14(10-22-17)16(21)19-13(5)9-7-8-11(2)3/h10-13,15H,6-9,18H2,1-5H3,(H,19,21). The molecular weight excluding hydrogens is 278 g/mol. The summed E-state index contributed by atoms with van der Waals surface area (Å²) in [6.45, 7) is 10.6. The molecule has 5 heteroatoms. The number of nitrogens with two attached hydrogens (primary N) is 1. The van der Waals surface area contributed by atoms with Crippen molar-refractivity contribution in [2.45, 2.75) is 72.4 Å². The van der Waals surface area contributed by atoms with Gasteiger partial charge >= 0.3 is 0 Å². The molecule has 3 unspecified atom stereocenters. The quantitative estimate of drug-likeness (QED) is 0.729. The first-order valence-electron chi connectivity index (χ1n) is 8.37. The second kappa shape index (κ2) is 8.93. The first-order chi connectivity index (χ1) is 10.3. The molecular formula is C17H31N3O2. The number of aromatic nitrogens is 1. The molecule has 126 valence electrons. The molecule has 1 rings (SSSR count). The minimum atomic E-state index is -0.269. The molecule has 1 heterocycles. The molecule has 0 saturated heterocycles. The van der Waals surface area contributed by atoms with Crippen LogP contribution in [0.15, 0.2) is 10.7 Å². The lowest BCUT2D eigenvalue weighted by Gasteiger charge is -2.14. The van der Waals surface area contributed by atoms with Gasteiger partial charge in [0, 0.05) is 6.04 Å². The lowest BCUT2D eigenvalue weighted by molar-refractivity contribution is 0.0932. The summed E-state index contributed by atoms with van der Waals surface area (Å²) in [5.41, 5.74) is 6.38. The van der Waals surface area contributed by atoms with Crippen molar-refractivity contribution in [2.75, 3.05) is 0 Å². The van der Waals surface area contributed by atoms with Crippen LogP contribution in [-0.2, 0) is 0 Å². The number of amides is 1. The lowest BCUT2D eigenvalue weighted by Crippen LogP contribution is -2.32. The SMILES string of the molecule is CCC(C)C(N)c1nc(C(=O)NC(C)CCCC(C)C)co1. The number of carbonyl (C=O) groups excluding carboxylic acids is 1. The van der Waals surface area contributed by atoms with E-state index in [2.05, 4.69) is 31.1 Å². The van der Waals surface area contributed by atoms with Gasteiger partial charge in [-0.1, -0.05) is 47.0 Å². The second-order valence-corrected chi connectivity index (χ2v) is 6.68. The molecule has 22 heavy (non-hydrogen) atoms. The maximum atomic E-state index is 12.2. The van der Waals surface area contributed by atoms with E-state index in [1.807, 2.05) is 13.8 Å². The van der Waals surface area contributed by atoms with Gasteiger partial charge in [0.1, 0.15) is 6.26 Å². The Morgan fingerprint density at radius 1 is 1.32 bits per heavy atom. The number of oxazole rings is 1. The van der Waals surface area contributed by atoms with Crippen LogP contribution < -0.4 is 11.1 Å². The molecule has 0 aliphatic rings. The van der Waals surface area contributed by atoms with Gasteiger partial charge < -0.3 is 15.5 Å². The highest BCUT2D eigenvalue weighted by atomic mass is 16.3. The van der Waals surface area contributed by atoms with Crippen molar-refractivity contribution >= 4 is 5.91 Å². The Balaban J connectivity index is 2.51. The normalized spacial score (nSPS) is 15.6. The van der Waals surface area contributed by atoms with Crippen LogP contribution in [0.3, 0.4) is 0 Å². The average Bonchev–Trinajstić information content (AvgIpc) is 2.94. The predicted octanol–water partition coefficient (Wildman–Crippen LogP) is 3.67. The van der Waals surface area contributed by atoms with Gasteiger partial charge in [0.25, 0.3) is 5.91 Å². The fraction of sp³-hybridized carbons (Fsp3) is 0.765. The van der Waals surface area contributed by atoms with E-state index in [1.54, 1.807) is 0 Å². The van der Waals surface area contributed by atoms with E-state index >= 15 is 0 Å². The maximum Gasteiger partial charge on any atom is 0.273 e. The predicted molar refractivity (Wildman–Crippen MR) is 88.5 cm³/mol. The van der Waals surface area contributed by atoms with E-state index in [4.69, 9.17) is 10.2 Å². The Hall–Kier alpha value is -1.36. The largest absolute Gasteiger partial charge is 0.446 e. The molecule has 0 spiro atoms. The molecule has 0 radical (unpaired) electrons. The highest BCUT2D eigenvalue weighted by Crippen LogP contribution is 2.21. The van der Waals surface area contributed by atoms with Crippen molar-refractivity contribution in [1.82, 2.24) is 10.3 Å². The van der Waals surface area contributed by atoms with Crippen molar-refractivity contribution in [3.8, 4) is 0 Å². The summed E-state index contributed by atoms with van der Waals surface area (Å²) in [5, 5.41) is 2.96. The van der Waals surface area contributed by atoms with E-state index < -0.39 is 0 Å². The van der Waals surface area contributed by atoms with Crippen molar-refractivity contribution in [2.24, 2.45) is 17.6 Å². The third-order valence-electron chi connectivity index (χ3n) is 4.09. The number of rotatable bonds is 9. The van der Waals surface area contributed by atoms with E-state index in [-0.39, 0.29) is 23.9 Å². The number of carbonyl (C=O) groups is 1. The van der Waals surface area contributed by atoms with Gasteiger partial charge in [-0.25, -0.2) is 4.98 Å². The third-order valence-corrected chi connectivity index (χ3v) is 4.09. The summed E-state index contributed by atoms with van der Waals surface area (Å²) in [7, 11) is 0. The summed E-state index contributed by atoms with van der Waals surface area (Å²) in [6, 6.07) is -0.135. The van der Waals surface area contributed by atoms with Crippen LogP contribution in [-0.4, -0.2) is 16.9 Å². The molecule has 3 atom stereocenters. The molecule has 0 bridgehead atoms. The van der Waals surface area contributed by atoms with E-state index in [1.165, 1.54) is 12.7 Å². The van der Waals surface area contributed by atoms with Gasteiger partial charge in [0.15, 0.2) is 5.69 Å². The summed E-state index contributed by atoms with van der Waals surface area (Å²) in [4.78, 5) is 16.4. The molecule has 3 N–H and O–H groups in total. The monoisotopic (exact) mass is 309 g/mol. The highest BCUT2D eigenvalue weighted by molar-refractivity contribution is 5.92. The number of hydrogen-bond donors (Lipinski definition) is 2. The fourth-order valence-corrected chi connectivity index (χ4v) is 2.24. The maximum absolute atomic E-state index is 12.2. The van der Waals surface area contributed by atoms with Crippen molar-refractivity contribution in [3.05, 3.63) is 17.8 Å². The van der Waals surface area contributed by atoms with Gasteiger partial charge in [-0.15, -0.1) is 0 Å². The van der Waals surface area contributed by atoms with Crippen LogP contribution in [0.4, 0.5) is 0 Å². The van der Waals surface area contributed by atoms with Crippen LogP contribution in [0.1, 0.15) is 82.7 Å². The van der Waals surface area contributed by atoms with Crippen LogP contribution >= 0.6 is 0 Å². The molecule has 0 aliphatic heterocycles. The Morgan fingerprint density at radius 3 is 2.59 bits per heavy atom. The topological polar surface area (TPSA) is 81.1 Å². The van der Waals surface area contributed by atoms with Crippen LogP contribution in [0, 0.1) is 11.8 Å². The molecule has 0 aromatic carbocycles. The molecule has 1 amide bonds. The number of nitrogens with zero attached hydrogens (tertiary/aromatic N) is 1. The molecule has 5 nitrogen and oxygen atoms in total. The molecule has 1 aromatic heterocycles. The minimum Gasteiger partial charge on any atom is -0.446 e. The second-order valence-electron chi connectivity index (χ2n) is 6.68. The first-order valence-corrected chi connectivity index (χ1v) is 8.37. The Labute approximate surface area is 134 Å². The van der Waals surface area contributed by atoms with Gasteiger partial charge in [-0.05, 0) is 25.2 Å². The molecule has 0 aliphatic carbocycles. The van der Waals surface area contributed by atoms with Gasteiger partial charge in [-0.2, -0.15) is 0 Å². The summed E-state index contributed by atoms with van der Waals surface area (Å²) in [6.07, 6.45) is 5.60. The summed E-state index contributed by atoms with van der Waals surface area (Å²) >= 11 is 0. The smallest absolute Gasteiger partial charge is 0.273 e. The van der Waals surface area contributed by atoms with E-state index in [0.29, 0.717) is 17.5 Å². The summed E-state index contributed by atoms with van der Waals surface area (Å²) < 4.78 is 5.37. The van der Waals surface area contributed by atoms with Crippen LogP contribution in [0.5, 0.6) is 0 Å². The lowest BCUT2D eigenvalue weighted by atomic mass is 10.0. The zero-order chi connectivity index (χ0) is 16.7. The van der Waals surface area contributed by atoms with Gasteiger partial charge in [0.2, 0.25) is 5.89 Å². The van der Waals surface area contributed by atoms with Crippen LogP contribution in [0.2, 0.25) is 0 Å². The Morgan fingerprint density at radius 2 is 2.00 bits per heavy atom. The van der Waals surface area contributed by atoms with E-state index in [9.17, 15) is 4.79 Å². The van der Waals surface area contributed by atoms with Gasteiger partial charge in [-0.3, -0.25) is 4.79 Å². The molecule has 0 fully saturated rings. The Kier molecular flexibility index (Phi) is 7.59. The number of hydrogen-bond acceptors (Lipinski definition) is 4. The highest BCUT2D eigenvalue weighted by Gasteiger charge is 2.21. The molecule has 1 aromatic rings. The zero-order valence-corrected chi connectivity index (χ0v) is 14.6. The Bertz CT molecular complexity index is 457. The zero-order valence-electron chi connectivity index (χ0n) is 14.6. The van der Waals surface area contributed by atoms with Gasteiger partial charge in [0.05, 0.1) is 6.04 Å². The van der Waals surface area contributed by atoms with Crippen LogP contribution in [0.25, 0.3) is 0 Å². The average molecular weight is 309 g/mol. The minimum absolute atomic E-state index is 0.134. The van der Waals surface area contributed by atoms with Crippen molar-refractivity contribution < 1.29 is 9.21 Å².